The van der Waals surface area contributed by atoms with Crippen LogP contribution in [0.15, 0.2) is 30.5 Å². The number of hydrogen-bond donors (Lipinski definition) is 0. The Bertz CT molecular complexity index is 751. The van der Waals surface area contributed by atoms with Crippen LogP contribution < -0.4 is 0 Å². The maximum Gasteiger partial charge on any atom is 0.123 e. The molecule has 1 aromatic carbocycles. The minimum atomic E-state index is -0.164. The fourth-order valence-corrected chi connectivity index (χ4v) is 4.31. The third kappa shape index (κ3) is 3.48. The fourth-order valence-electron chi connectivity index (χ4n) is 4.31. The standard InChI is InChI=1S/C20H26FN3O/c1-3-24-11-17(15(2)22-24)10-23-12-20(13-23)9-19(25-14-20)8-16-5-4-6-18(21)7-16/h4-7,11,19H,3,8-10,12-14H2,1-2H3. The third-order valence-corrected chi connectivity index (χ3v) is 5.52. The molecular formula is C20H26FN3O. The van der Waals surface area contributed by atoms with Crippen molar-refractivity contribution >= 4 is 0 Å². The lowest BCUT2D eigenvalue weighted by Gasteiger charge is -2.47. The van der Waals surface area contributed by atoms with Gasteiger partial charge in [-0.25, -0.2) is 4.39 Å². The van der Waals surface area contributed by atoms with Crippen molar-refractivity contribution in [2.75, 3.05) is 19.7 Å². The van der Waals surface area contributed by atoms with Gasteiger partial charge < -0.3 is 4.74 Å². The molecule has 1 aromatic heterocycles. The molecule has 1 spiro atoms. The van der Waals surface area contributed by atoms with Crippen LogP contribution in [0.2, 0.25) is 0 Å². The number of likely N-dealkylation sites (tertiary alicyclic amines) is 1. The van der Waals surface area contributed by atoms with Crippen molar-refractivity contribution < 1.29 is 9.13 Å². The van der Waals surface area contributed by atoms with Gasteiger partial charge in [0.05, 0.1) is 18.4 Å². The van der Waals surface area contributed by atoms with Crippen molar-refractivity contribution in [2.24, 2.45) is 5.41 Å². The van der Waals surface area contributed by atoms with E-state index in [4.69, 9.17) is 4.74 Å². The normalized spacial score (nSPS) is 22.4. The van der Waals surface area contributed by atoms with Crippen molar-refractivity contribution in [1.82, 2.24) is 14.7 Å². The molecule has 4 nitrogen and oxygen atoms in total. The van der Waals surface area contributed by atoms with Crippen LogP contribution in [0.25, 0.3) is 0 Å². The molecule has 25 heavy (non-hydrogen) atoms. The Labute approximate surface area is 148 Å². The van der Waals surface area contributed by atoms with Crippen molar-refractivity contribution in [3.05, 3.63) is 53.1 Å². The van der Waals surface area contributed by atoms with Gasteiger partial charge in [-0.15, -0.1) is 0 Å². The van der Waals surface area contributed by atoms with E-state index < -0.39 is 0 Å². The van der Waals surface area contributed by atoms with Gasteiger partial charge >= 0.3 is 0 Å². The minimum Gasteiger partial charge on any atom is -0.377 e. The van der Waals surface area contributed by atoms with E-state index in [1.54, 1.807) is 12.1 Å². The van der Waals surface area contributed by atoms with Crippen LogP contribution in [-0.2, 0) is 24.2 Å². The predicted octanol–water partition coefficient (Wildman–Crippen LogP) is 3.18. The van der Waals surface area contributed by atoms with Crippen molar-refractivity contribution in [1.29, 1.82) is 0 Å². The minimum absolute atomic E-state index is 0.164. The second-order valence-electron chi connectivity index (χ2n) is 7.71. The Kier molecular flexibility index (Phi) is 4.38. The average molecular weight is 343 g/mol. The molecule has 0 N–H and O–H groups in total. The molecule has 2 aromatic rings. The van der Waals surface area contributed by atoms with Crippen LogP contribution in [0.5, 0.6) is 0 Å². The first-order valence-corrected chi connectivity index (χ1v) is 9.17. The Morgan fingerprint density at radius 2 is 2.20 bits per heavy atom. The molecule has 5 heteroatoms. The molecule has 2 aliphatic rings. The van der Waals surface area contributed by atoms with Gasteiger partial charge in [-0.05, 0) is 44.4 Å². The topological polar surface area (TPSA) is 30.3 Å². The summed E-state index contributed by atoms with van der Waals surface area (Å²) in [6, 6.07) is 6.88. The van der Waals surface area contributed by atoms with E-state index in [0.29, 0.717) is 5.41 Å². The molecule has 0 bridgehead atoms. The lowest BCUT2D eigenvalue weighted by molar-refractivity contribution is -0.0141. The lowest BCUT2D eigenvalue weighted by Crippen LogP contribution is -2.56. The second-order valence-corrected chi connectivity index (χ2v) is 7.71. The van der Waals surface area contributed by atoms with Crippen LogP contribution in [0.1, 0.15) is 30.2 Å². The van der Waals surface area contributed by atoms with Crippen molar-refractivity contribution in [2.45, 2.75) is 45.9 Å². The molecule has 4 rings (SSSR count). The van der Waals surface area contributed by atoms with Crippen LogP contribution in [0.3, 0.4) is 0 Å². The smallest absolute Gasteiger partial charge is 0.123 e. The van der Waals surface area contributed by atoms with Crippen LogP contribution >= 0.6 is 0 Å². The zero-order chi connectivity index (χ0) is 17.4. The number of hydrogen-bond acceptors (Lipinski definition) is 3. The summed E-state index contributed by atoms with van der Waals surface area (Å²) in [6.45, 7) is 9.10. The highest BCUT2D eigenvalue weighted by atomic mass is 19.1. The number of rotatable bonds is 5. The number of nitrogens with zero attached hydrogens (tertiary/aromatic N) is 3. The van der Waals surface area contributed by atoms with E-state index in [-0.39, 0.29) is 11.9 Å². The van der Waals surface area contributed by atoms with Crippen molar-refractivity contribution in [3.8, 4) is 0 Å². The predicted molar refractivity (Wildman–Crippen MR) is 94.8 cm³/mol. The highest BCUT2D eigenvalue weighted by Crippen LogP contribution is 2.42. The Morgan fingerprint density at radius 1 is 1.36 bits per heavy atom. The lowest BCUT2D eigenvalue weighted by atomic mass is 9.77. The summed E-state index contributed by atoms with van der Waals surface area (Å²) >= 11 is 0. The zero-order valence-corrected chi connectivity index (χ0v) is 15.0. The molecular weight excluding hydrogens is 317 g/mol. The van der Waals surface area contributed by atoms with Gasteiger partial charge in [0.2, 0.25) is 0 Å². The number of halogens is 1. The summed E-state index contributed by atoms with van der Waals surface area (Å²) in [5.74, 6) is -0.164. The largest absolute Gasteiger partial charge is 0.377 e. The maximum atomic E-state index is 13.3. The van der Waals surface area contributed by atoms with E-state index in [1.165, 1.54) is 11.6 Å². The molecule has 3 heterocycles. The maximum absolute atomic E-state index is 13.3. The van der Waals surface area contributed by atoms with E-state index in [9.17, 15) is 4.39 Å². The van der Waals surface area contributed by atoms with E-state index in [2.05, 4.69) is 30.0 Å². The van der Waals surface area contributed by atoms with Gasteiger partial charge in [-0.3, -0.25) is 9.58 Å². The van der Waals surface area contributed by atoms with E-state index in [1.807, 2.05) is 10.7 Å². The molecule has 0 saturated carbocycles. The number of aryl methyl sites for hydroxylation is 2. The molecule has 1 atom stereocenters. The molecule has 2 aliphatic heterocycles. The molecule has 134 valence electrons. The SMILES string of the molecule is CCn1cc(CN2CC3(COC(Cc4cccc(F)c4)C3)C2)c(C)n1. The fraction of sp³-hybridized carbons (Fsp3) is 0.550. The molecule has 1 unspecified atom stereocenters. The molecule has 0 amide bonds. The zero-order valence-electron chi connectivity index (χ0n) is 15.0. The number of aromatic nitrogens is 2. The summed E-state index contributed by atoms with van der Waals surface area (Å²) in [5.41, 5.74) is 3.79. The summed E-state index contributed by atoms with van der Waals surface area (Å²) in [5, 5.41) is 4.53. The molecule has 2 fully saturated rings. The van der Waals surface area contributed by atoms with Crippen LogP contribution in [-0.4, -0.2) is 40.5 Å². The first kappa shape index (κ1) is 16.7. The Balaban J connectivity index is 1.30. The number of benzene rings is 1. The van der Waals surface area contributed by atoms with Crippen LogP contribution in [0, 0.1) is 18.2 Å². The molecule has 2 saturated heterocycles. The third-order valence-electron chi connectivity index (χ3n) is 5.52. The van der Waals surface area contributed by atoms with E-state index >= 15 is 0 Å². The summed E-state index contributed by atoms with van der Waals surface area (Å²) in [6.07, 6.45) is 4.27. The summed E-state index contributed by atoms with van der Waals surface area (Å²) in [7, 11) is 0. The van der Waals surface area contributed by atoms with Gasteiger partial charge in [-0.1, -0.05) is 12.1 Å². The quantitative estimate of drug-likeness (QED) is 0.835. The van der Waals surface area contributed by atoms with Gasteiger partial charge in [0.25, 0.3) is 0 Å². The van der Waals surface area contributed by atoms with Crippen molar-refractivity contribution in [3.63, 3.8) is 0 Å². The van der Waals surface area contributed by atoms with Gasteiger partial charge in [0, 0.05) is 43.4 Å². The van der Waals surface area contributed by atoms with Gasteiger partial charge in [-0.2, -0.15) is 5.10 Å². The first-order chi connectivity index (χ1) is 12.0. The van der Waals surface area contributed by atoms with E-state index in [0.717, 1.165) is 56.9 Å². The number of ether oxygens (including phenoxy) is 1. The van der Waals surface area contributed by atoms with Gasteiger partial charge in [0.15, 0.2) is 0 Å². The Hall–Kier alpha value is -1.72. The monoisotopic (exact) mass is 343 g/mol. The molecule has 0 aliphatic carbocycles. The first-order valence-electron chi connectivity index (χ1n) is 9.17. The second kappa shape index (κ2) is 6.54. The summed E-state index contributed by atoms with van der Waals surface area (Å²) < 4.78 is 21.4. The Morgan fingerprint density at radius 3 is 2.92 bits per heavy atom. The highest BCUT2D eigenvalue weighted by Gasteiger charge is 2.48. The summed E-state index contributed by atoms with van der Waals surface area (Å²) in [4.78, 5) is 2.48. The highest BCUT2D eigenvalue weighted by molar-refractivity contribution is 5.19. The van der Waals surface area contributed by atoms with Crippen LogP contribution in [0.4, 0.5) is 4.39 Å². The van der Waals surface area contributed by atoms with Gasteiger partial charge in [0.1, 0.15) is 5.82 Å². The molecule has 0 radical (unpaired) electrons. The average Bonchev–Trinajstić information content (AvgIpc) is 3.11.